The maximum atomic E-state index is 9.54. The highest BCUT2D eigenvalue weighted by atomic mass is 16.3. The van der Waals surface area contributed by atoms with Gasteiger partial charge in [-0.1, -0.05) is 0 Å². The maximum Gasteiger partial charge on any atom is 0.117 e. The van der Waals surface area contributed by atoms with E-state index in [0.717, 1.165) is 16.6 Å². The average Bonchev–Trinajstić information content (AvgIpc) is 2.55. The van der Waals surface area contributed by atoms with Crippen LogP contribution in [0.3, 0.4) is 0 Å². The quantitative estimate of drug-likeness (QED) is 0.814. The summed E-state index contributed by atoms with van der Waals surface area (Å²) in [6.07, 6.45) is 0. The molecule has 1 atom stereocenters. The van der Waals surface area contributed by atoms with Crippen LogP contribution in [0.4, 0.5) is 0 Å². The number of aromatic hydroxyl groups is 1. The van der Waals surface area contributed by atoms with Gasteiger partial charge in [-0.15, -0.1) is 0 Å². The predicted molar refractivity (Wildman–Crippen MR) is 66.6 cm³/mol. The summed E-state index contributed by atoms with van der Waals surface area (Å²) in [5.41, 5.74) is 8.12. The van der Waals surface area contributed by atoms with Crippen LogP contribution in [0.5, 0.6) is 5.75 Å². The molecule has 0 aliphatic rings. The van der Waals surface area contributed by atoms with E-state index in [1.165, 1.54) is 0 Å². The van der Waals surface area contributed by atoms with Gasteiger partial charge in [0.25, 0.3) is 0 Å². The molecule has 0 radical (unpaired) electrons. The molecule has 0 amide bonds. The first-order valence-electron chi connectivity index (χ1n) is 5.60. The molecule has 0 saturated carbocycles. The van der Waals surface area contributed by atoms with Crippen LogP contribution < -0.4 is 5.73 Å². The van der Waals surface area contributed by atoms with Crippen molar-refractivity contribution in [2.24, 2.45) is 5.73 Å². The molecule has 86 valence electrons. The fraction of sp³-hybridized carbons (Fsp3) is 0.385. The summed E-state index contributed by atoms with van der Waals surface area (Å²) in [5.74, 6) is 0.295. The summed E-state index contributed by atoms with van der Waals surface area (Å²) in [6.45, 7) is 6.22. The van der Waals surface area contributed by atoms with Crippen molar-refractivity contribution in [3.05, 3.63) is 30.0 Å². The lowest BCUT2D eigenvalue weighted by Gasteiger charge is -2.16. The van der Waals surface area contributed by atoms with Gasteiger partial charge in [0.05, 0.1) is 5.52 Å². The van der Waals surface area contributed by atoms with E-state index in [4.69, 9.17) is 5.73 Å². The minimum atomic E-state index is -0.00283. The largest absolute Gasteiger partial charge is 0.508 e. The molecule has 0 fully saturated rings. The van der Waals surface area contributed by atoms with Crippen molar-refractivity contribution in [1.82, 2.24) is 4.57 Å². The number of aromatic nitrogens is 1. The third kappa shape index (κ3) is 1.67. The highest BCUT2D eigenvalue weighted by Crippen LogP contribution is 2.29. The van der Waals surface area contributed by atoms with Crippen molar-refractivity contribution in [2.45, 2.75) is 32.9 Å². The van der Waals surface area contributed by atoms with Crippen LogP contribution in [-0.2, 0) is 0 Å². The molecule has 1 aromatic carbocycles. The van der Waals surface area contributed by atoms with Gasteiger partial charge in [0.15, 0.2) is 0 Å². The molecule has 1 unspecified atom stereocenters. The van der Waals surface area contributed by atoms with E-state index in [1.807, 2.05) is 13.0 Å². The second-order valence-electron chi connectivity index (χ2n) is 4.56. The van der Waals surface area contributed by atoms with Crippen molar-refractivity contribution < 1.29 is 5.11 Å². The van der Waals surface area contributed by atoms with E-state index in [9.17, 15) is 5.11 Å². The van der Waals surface area contributed by atoms with E-state index >= 15 is 0 Å². The highest BCUT2D eigenvalue weighted by Gasteiger charge is 2.14. The Bertz CT molecular complexity index is 512. The monoisotopic (exact) mass is 218 g/mol. The second kappa shape index (κ2) is 3.83. The van der Waals surface area contributed by atoms with Crippen molar-refractivity contribution in [1.29, 1.82) is 0 Å². The van der Waals surface area contributed by atoms with Crippen LogP contribution in [0.1, 0.15) is 38.5 Å². The fourth-order valence-electron chi connectivity index (χ4n) is 2.16. The summed E-state index contributed by atoms with van der Waals surface area (Å²) in [7, 11) is 0. The minimum Gasteiger partial charge on any atom is -0.508 e. The number of hydrogen-bond donors (Lipinski definition) is 2. The van der Waals surface area contributed by atoms with Gasteiger partial charge in [-0.25, -0.2) is 0 Å². The number of phenols is 1. The lowest BCUT2D eigenvalue weighted by molar-refractivity contribution is 0.475. The van der Waals surface area contributed by atoms with E-state index in [2.05, 4.69) is 24.5 Å². The predicted octanol–water partition coefficient (Wildman–Crippen LogP) is 2.95. The molecular weight excluding hydrogens is 200 g/mol. The van der Waals surface area contributed by atoms with Gasteiger partial charge in [-0.3, -0.25) is 0 Å². The Morgan fingerprint density at radius 1 is 1.19 bits per heavy atom. The molecule has 2 aromatic rings. The van der Waals surface area contributed by atoms with Gasteiger partial charge in [0, 0.05) is 29.2 Å². The first-order chi connectivity index (χ1) is 7.50. The number of hydrogen-bond acceptors (Lipinski definition) is 2. The molecule has 3 N–H and O–H groups in total. The van der Waals surface area contributed by atoms with Gasteiger partial charge in [-0.2, -0.15) is 0 Å². The van der Waals surface area contributed by atoms with E-state index in [0.29, 0.717) is 11.8 Å². The van der Waals surface area contributed by atoms with Gasteiger partial charge in [0.2, 0.25) is 0 Å². The van der Waals surface area contributed by atoms with Crippen LogP contribution in [0, 0.1) is 0 Å². The number of nitrogens with zero attached hydrogens (tertiary/aromatic N) is 1. The van der Waals surface area contributed by atoms with Crippen LogP contribution >= 0.6 is 0 Å². The summed E-state index contributed by atoms with van der Waals surface area (Å²) >= 11 is 0. The normalized spacial score (nSPS) is 13.6. The van der Waals surface area contributed by atoms with Crippen LogP contribution in [0.25, 0.3) is 10.9 Å². The molecule has 3 heteroatoms. The molecule has 1 aromatic heterocycles. The van der Waals surface area contributed by atoms with Gasteiger partial charge >= 0.3 is 0 Å². The zero-order chi connectivity index (χ0) is 11.9. The zero-order valence-electron chi connectivity index (χ0n) is 9.94. The fourth-order valence-corrected chi connectivity index (χ4v) is 2.16. The molecule has 1 heterocycles. The molecule has 0 spiro atoms. The topological polar surface area (TPSA) is 51.2 Å². The van der Waals surface area contributed by atoms with Crippen LogP contribution in [0.15, 0.2) is 24.3 Å². The van der Waals surface area contributed by atoms with Crippen LogP contribution in [-0.4, -0.2) is 9.67 Å². The number of benzene rings is 1. The Balaban J connectivity index is 2.77. The van der Waals surface area contributed by atoms with Gasteiger partial charge in [-0.05, 0) is 39.0 Å². The summed E-state index contributed by atoms with van der Waals surface area (Å²) in [4.78, 5) is 0. The smallest absolute Gasteiger partial charge is 0.117 e. The lowest BCUT2D eigenvalue weighted by atomic mass is 10.2. The first-order valence-corrected chi connectivity index (χ1v) is 5.60. The number of fused-ring (bicyclic) bond motifs is 1. The molecule has 0 aliphatic heterocycles. The van der Waals surface area contributed by atoms with Crippen LogP contribution in [0.2, 0.25) is 0 Å². The lowest BCUT2D eigenvalue weighted by Crippen LogP contribution is -2.13. The third-order valence-corrected chi connectivity index (χ3v) is 2.84. The van der Waals surface area contributed by atoms with Gasteiger partial charge in [0.1, 0.15) is 5.75 Å². The minimum absolute atomic E-state index is 0.00283. The molecule has 0 aliphatic carbocycles. The van der Waals surface area contributed by atoms with Crippen molar-refractivity contribution >= 4 is 10.9 Å². The molecule has 0 saturated heterocycles. The molecule has 16 heavy (non-hydrogen) atoms. The van der Waals surface area contributed by atoms with E-state index in [1.54, 1.807) is 12.1 Å². The summed E-state index contributed by atoms with van der Waals surface area (Å²) in [6, 6.07) is 7.85. The SMILES string of the molecule is CC(N)c1cc2ccc(O)cc2n1C(C)C. The zero-order valence-corrected chi connectivity index (χ0v) is 9.94. The molecule has 3 nitrogen and oxygen atoms in total. The second-order valence-corrected chi connectivity index (χ2v) is 4.56. The first kappa shape index (κ1) is 11.0. The Hall–Kier alpha value is -1.48. The molecular formula is C13H18N2O. The Kier molecular flexibility index (Phi) is 2.64. The van der Waals surface area contributed by atoms with Crippen molar-refractivity contribution in [3.63, 3.8) is 0 Å². The maximum absolute atomic E-state index is 9.54. The van der Waals surface area contributed by atoms with E-state index < -0.39 is 0 Å². The van der Waals surface area contributed by atoms with Crippen molar-refractivity contribution in [2.75, 3.05) is 0 Å². The standard InChI is InChI=1S/C13H18N2O/c1-8(2)15-12(9(3)14)6-10-4-5-11(16)7-13(10)15/h4-9,16H,14H2,1-3H3. The van der Waals surface area contributed by atoms with E-state index in [-0.39, 0.29) is 6.04 Å². The third-order valence-electron chi connectivity index (χ3n) is 2.84. The van der Waals surface area contributed by atoms with Crippen molar-refractivity contribution in [3.8, 4) is 5.75 Å². The summed E-state index contributed by atoms with van der Waals surface area (Å²) in [5, 5.41) is 10.7. The Morgan fingerprint density at radius 3 is 2.44 bits per heavy atom. The number of phenolic OH excluding ortho intramolecular Hbond substituents is 1. The summed E-state index contributed by atoms with van der Waals surface area (Å²) < 4.78 is 2.18. The number of rotatable bonds is 2. The Morgan fingerprint density at radius 2 is 1.88 bits per heavy atom. The highest BCUT2D eigenvalue weighted by molar-refractivity contribution is 5.83. The number of nitrogens with two attached hydrogens (primary N) is 1. The molecule has 0 bridgehead atoms. The van der Waals surface area contributed by atoms with Gasteiger partial charge < -0.3 is 15.4 Å². The Labute approximate surface area is 95.5 Å². The molecule has 2 rings (SSSR count). The average molecular weight is 218 g/mol.